The number of benzene rings is 2. The number of hydrogen-bond acceptors (Lipinski definition) is 4. The zero-order chi connectivity index (χ0) is 20.1. The van der Waals surface area contributed by atoms with E-state index in [2.05, 4.69) is 4.98 Å². The highest BCUT2D eigenvalue weighted by molar-refractivity contribution is 7.99. The van der Waals surface area contributed by atoms with E-state index in [-0.39, 0.29) is 17.2 Å². The summed E-state index contributed by atoms with van der Waals surface area (Å²) in [6, 6.07) is 15.4. The van der Waals surface area contributed by atoms with Gasteiger partial charge in [0, 0.05) is 20.1 Å². The maximum Gasteiger partial charge on any atom is 0.262 e. The molecule has 0 aliphatic heterocycles. The maximum atomic E-state index is 12.8. The lowest BCUT2D eigenvalue weighted by Gasteiger charge is -2.19. The van der Waals surface area contributed by atoms with Crippen LogP contribution in [0.1, 0.15) is 24.5 Å². The van der Waals surface area contributed by atoms with E-state index in [4.69, 9.17) is 0 Å². The number of thioether (sulfide) groups is 1. The van der Waals surface area contributed by atoms with Crippen molar-refractivity contribution >= 4 is 28.6 Å². The van der Waals surface area contributed by atoms with Gasteiger partial charge in [0.25, 0.3) is 5.56 Å². The molecule has 1 amide bonds. The largest absolute Gasteiger partial charge is 0.341 e. The Morgan fingerprint density at radius 3 is 2.61 bits per heavy atom. The number of fused-ring (bicyclic) bond motifs is 1. The van der Waals surface area contributed by atoms with Gasteiger partial charge in [-0.3, -0.25) is 14.2 Å². The fourth-order valence-electron chi connectivity index (χ4n) is 3.05. The monoisotopic (exact) mass is 395 g/mol. The van der Waals surface area contributed by atoms with Gasteiger partial charge in [-0.05, 0) is 36.6 Å². The van der Waals surface area contributed by atoms with Crippen molar-refractivity contribution in [2.24, 2.45) is 0 Å². The van der Waals surface area contributed by atoms with E-state index in [1.807, 2.05) is 63.4 Å². The minimum Gasteiger partial charge on any atom is -0.341 e. The Hall–Kier alpha value is -2.60. The molecule has 146 valence electrons. The van der Waals surface area contributed by atoms with Crippen molar-refractivity contribution < 1.29 is 4.79 Å². The van der Waals surface area contributed by atoms with Crippen LogP contribution < -0.4 is 5.56 Å². The summed E-state index contributed by atoms with van der Waals surface area (Å²) in [4.78, 5) is 31.8. The SMILES string of the molecule is CCCn1c(SCC(=O)N(C)Cc2ccccc2C)nc2ccccc2c1=O. The number of amides is 1. The smallest absolute Gasteiger partial charge is 0.262 e. The van der Waals surface area contributed by atoms with Crippen molar-refractivity contribution in [1.82, 2.24) is 14.5 Å². The molecule has 0 atom stereocenters. The van der Waals surface area contributed by atoms with Gasteiger partial charge in [-0.2, -0.15) is 0 Å². The molecule has 0 bridgehead atoms. The number of carbonyl (C=O) groups excluding carboxylic acids is 1. The van der Waals surface area contributed by atoms with Gasteiger partial charge in [-0.15, -0.1) is 0 Å². The number of hydrogen-bond donors (Lipinski definition) is 0. The van der Waals surface area contributed by atoms with E-state index in [0.29, 0.717) is 29.1 Å². The summed E-state index contributed by atoms with van der Waals surface area (Å²) in [5, 5.41) is 1.21. The summed E-state index contributed by atoms with van der Waals surface area (Å²) in [5.41, 5.74) is 2.93. The Morgan fingerprint density at radius 2 is 1.86 bits per heavy atom. The Kier molecular flexibility index (Phi) is 6.52. The average molecular weight is 396 g/mol. The first-order valence-electron chi connectivity index (χ1n) is 9.42. The van der Waals surface area contributed by atoms with Crippen LogP contribution in [0.2, 0.25) is 0 Å². The lowest BCUT2D eigenvalue weighted by Crippen LogP contribution is -2.29. The van der Waals surface area contributed by atoms with E-state index >= 15 is 0 Å². The van der Waals surface area contributed by atoms with Crippen LogP contribution in [0.5, 0.6) is 0 Å². The summed E-state index contributed by atoms with van der Waals surface area (Å²) in [7, 11) is 1.81. The summed E-state index contributed by atoms with van der Waals surface area (Å²) in [6.45, 7) is 5.23. The molecule has 1 heterocycles. The number of nitrogens with zero attached hydrogens (tertiary/aromatic N) is 3. The molecule has 6 heteroatoms. The zero-order valence-electron chi connectivity index (χ0n) is 16.5. The van der Waals surface area contributed by atoms with E-state index in [9.17, 15) is 9.59 Å². The van der Waals surface area contributed by atoms with Gasteiger partial charge in [0.1, 0.15) is 0 Å². The molecule has 0 saturated heterocycles. The van der Waals surface area contributed by atoms with Crippen LogP contribution in [-0.4, -0.2) is 33.2 Å². The molecule has 0 N–H and O–H groups in total. The quantitative estimate of drug-likeness (QED) is 0.450. The first-order chi connectivity index (χ1) is 13.5. The Morgan fingerprint density at radius 1 is 1.14 bits per heavy atom. The molecule has 3 aromatic rings. The van der Waals surface area contributed by atoms with E-state index in [1.54, 1.807) is 15.5 Å². The first kappa shape index (κ1) is 20.1. The van der Waals surface area contributed by atoms with Gasteiger partial charge in [0.15, 0.2) is 5.16 Å². The van der Waals surface area contributed by atoms with Crippen LogP contribution in [0, 0.1) is 6.92 Å². The van der Waals surface area contributed by atoms with Crippen molar-refractivity contribution in [3.05, 3.63) is 70.0 Å². The number of carbonyl (C=O) groups is 1. The predicted octanol–water partition coefficient (Wildman–Crippen LogP) is 3.87. The van der Waals surface area contributed by atoms with Gasteiger partial charge in [0.2, 0.25) is 5.91 Å². The van der Waals surface area contributed by atoms with E-state index in [1.165, 1.54) is 17.3 Å². The second-order valence-corrected chi connectivity index (χ2v) is 7.78. The Balaban J connectivity index is 1.77. The van der Waals surface area contributed by atoms with Crippen molar-refractivity contribution in [2.75, 3.05) is 12.8 Å². The molecule has 2 aromatic carbocycles. The van der Waals surface area contributed by atoms with Crippen molar-refractivity contribution in [3.8, 4) is 0 Å². The minimum atomic E-state index is -0.0457. The van der Waals surface area contributed by atoms with Crippen molar-refractivity contribution in [3.63, 3.8) is 0 Å². The van der Waals surface area contributed by atoms with E-state index in [0.717, 1.165) is 12.0 Å². The summed E-state index contributed by atoms with van der Waals surface area (Å²) < 4.78 is 1.68. The van der Waals surface area contributed by atoms with Gasteiger partial charge >= 0.3 is 0 Å². The third-order valence-electron chi connectivity index (χ3n) is 4.69. The highest BCUT2D eigenvalue weighted by atomic mass is 32.2. The zero-order valence-corrected chi connectivity index (χ0v) is 17.3. The van der Waals surface area contributed by atoms with Crippen LogP contribution in [0.25, 0.3) is 10.9 Å². The van der Waals surface area contributed by atoms with Crippen molar-refractivity contribution in [1.29, 1.82) is 0 Å². The van der Waals surface area contributed by atoms with Crippen molar-refractivity contribution in [2.45, 2.75) is 38.5 Å². The molecule has 0 radical (unpaired) electrons. The summed E-state index contributed by atoms with van der Waals surface area (Å²) >= 11 is 1.33. The third-order valence-corrected chi connectivity index (χ3v) is 5.65. The fourth-order valence-corrected chi connectivity index (χ4v) is 4.01. The van der Waals surface area contributed by atoms with Gasteiger partial charge in [0.05, 0.1) is 16.7 Å². The average Bonchev–Trinajstić information content (AvgIpc) is 2.70. The Labute approximate surface area is 169 Å². The molecule has 0 aliphatic carbocycles. The topological polar surface area (TPSA) is 55.2 Å². The number of para-hydroxylation sites is 1. The maximum absolute atomic E-state index is 12.8. The minimum absolute atomic E-state index is 0.0127. The fraction of sp³-hybridized carbons (Fsp3) is 0.318. The summed E-state index contributed by atoms with van der Waals surface area (Å²) in [5.74, 6) is 0.260. The molecular formula is C22H25N3O2S. The van der Waals surface area contributed by atoms with Crippen LogP contribution in [-0.2, 0) is 17.9 Å². The lowest BCUT2D eigenvalue weighted by atomic mass is 10.1. The summed E-state index contributed by atoms with van der Waals surface area (Å²) in [6.07, 6.45) is 0.828. The number of aryl methyl sites for hydroxylation is 1. The van der Waals surface area contributed by atoms with Crippen LogP contribution >= 0.6 is 11.8 Å². The second-order valence-electron chi connectivity index (χ2n) is 6.83. The normalized spacial score (nSPS) is 11.0. The highest BCUT2D eigenvalue weighted by Crippen LogP contribution is 2.19. The van der Waals surface area contributed by atoms with Crippen LogP contribution in [0.4, 0.5) is 0 Å². The van der Waals surface area contributed by atoms with Gasteiger partial charge < -0.3 is 4.90 Å². The molecule has 0 spiro atoms. The standard InChI is InChI=1S/C22H25N3O2S/c1-4-13-25-21(27)18-11-7-8-12-19(18)23-22(25)28-15-20(26)24(3)14-17-10-6-5-9-16(17)2/h5-12H,4,13-15H2,1-3H3. The molecule has 3 rings (SSSR count). The molecule has 28 heavy (non-hydrogen) atoms. The first-order valence-corrected chi connectivity index (χ1v) is 10.4. The lowest BCUT2D eigenvalue weighted by molar-refractivity contribution is -0.127. The van der Waals surface area contributed by atoms with Crippen LogP contribution in [0.15, 0.2) is 58.5 Å². The van der Waals surface area contributed by atoms with E-state index < -0.39 is 0 Å². The predicted molar refractivity (Wildman–Crippen MR) is 115 cm³/mol. The second kappa shape index (κ2) is 9.06. The van der Waals surface area contributed by atoms with Gasteiger partial charge in [-0.25, -0.2) is 4.98 Å². The Bertz CT molecular complexity index is 1050. The molecule has 0 fully saturated rings. The van der Waals surface area contributed by atoms with Gasteiger partial charge in [-0.1, -0.05) is 55.1 Å². The third kappa shape index (κ3) is 4.44. The molecule has 0 aliphatic rings. The highest BCUT2D eigenvalue weighted by Gasteiger charge is 2.15. The molecule has 0 saturated carbocycles. The molecular weight excluding hydrogens is 370 g/mol. The number of rotatable bonds is 7. The molecule has 1 aromatic heterocycles. The van der Waals surface area contributed by atoms with Crippen LogP contribution in [0.3, 0.4) is 0 Å². The molecule has 5 nitrogen and oxygen atoms in total. The molecule has 0 unspecified atom stereocenters. The number of aromatic nitrogens is 2.